The maximum atomic E-state index is 13.2. The van der Waals surface area contributed by atoms with Crippen LogP contribution in [-0.2, 0) is 9.59 Å². The van der Waals surface area contributed by atoms with Gasteiger partial charge < -0.3 is 9.84 Å². The SMILES string of the molecule is COc1cccc([C@H]2C(=C(O)c3ccccc3)C(=O)C(=O)N2c2nc3ccccc3s2)c1. The number of thiazole rings is 1. The molecule has 0 radical (unpaired) electrons. The molecular formula is C25H18N2O4S. The first-order valence-corrected chi connectivity index (χ1v) is 10.8. The standard InChI is InChI=1S/C25H18N2O4S/c1-31-17-11-7-10-16(14-17)21-20(22(28)15-8-3-2-4-9-15)23(29)24(30)27(21)25-26-18-12-5-6-13-19(18)32-25/h2-14,21,28H,1H3/t21-/m0/s1. The van der Waals surface area contributed by atoms with Crippen molar-refractivity contribution in [3.63, 3.8) is 0 Å². The molecule has 5 rings (SSSR count). The van der Waals surface area contributed by atoms with Gasteiger partial charge in [0.15, 0.2) is 5.13 Å². The molecule has 0 unspecified atom stereocenters. The highest BCUT2D eigenvalue weighted by Crippen LogP contribution is 2.44. The number of aliphatic hydroxyl groups is 1. The van der Waals surface area contributed by atoms with Crippen LogP contribution in [0.1, 0.15) is 17.2 Å². The van der Waals surface area contributed by atoms with Crippen molar-refractivity contribution < 1.29 is 19.4 Å². The van der Waals surface area contributed by atoms with Crippen LogP contribution < -0.4 is 9.64 Å². The summed E-state index contributed by atoms with van der Waals surface area (Å²) < 4.78 is 6.26. The van der Waals surface area contributed by atoms with Gasteiger partial charge in [0.2, 0.25) is 0 Å². The first kappa shape index (κ1) is 20.0. The first-order valence-electron chi connectivity index (χ1n) is 9.94. The number of ether oxygens (including phenoxy) is 1. The van der Waals surface area contributed by atoms with Gasteiger partial charge in [0.1, 0.15) is 11.5 Å². The highest BCUT2D eigenvalue weighted by Gasteiger charge is 2.48. The number of para-hydroxylation sites is 1. The normalized spacial score (nSPS) is 17.8. The fourth-order valence-corrected chi connectivity index (χ4v) is 4.86. The number of hydrogen-bond donors (Lipinski definition) is 1. The number of anilines is 1. The fourth-order valence-electron chi connectivity index (χ4n) is 3.87. The number of rotatable bonds is 4. The summed E-state index contributed by atoms with van der Waals surface area (Å²) in [6.07, 6.45) is 0. The lowest BCUT2D eigenvalue weighted by atomic mass is 9.95. The molecule has 2 heterocycles. The summed E-state index contributed by atoms with van der Waals surface area (Å²) in [5.74, 6) is -1.12. The lowest BCUT2D eigenvalue weighted by Gasteiger charge is -2.23. The maximum absolute atomic E-state index is 13.2. The third-order valence-corrected chi connectivity index (χ3v) is 6.43. The second-order valence-corrected chi connectivity index (χ2v) is 8.29. The van der Waals surface area contributed by atoms with Crippen LogP contribution in [0.3, 0.4) is 0 Å². The number of fused-ring (bicyclic) bond motifs is 1. The quantitative estimate of drug-likeness (QED) is 0.275. The molecule has 1 aromatic heterocycles. The highest BCUT2D eigenvalue weighted by atomic mass is 32.1. The lowest BCUT2D eigenvalue weighted by molar-refractivity contribution is -0.132. The molecule has 0 aliphatic carbocycles. The Morgan fingerprint density at radius 3 is 2.50 bits per heavy atom. The van der Waals surface area contributed by atoms with E-state index >= 15 is 0 Å². The summed E-state index contributed by atoms with van der Waals surface area (Å²) >= 11 is 1.32. The number of carbonyl (C=O) groups excluding carboxylic acids is 2. The van der Waals surface area contributed by atoms with Gasteiger partial charge in [-0.15, -0.1) is 0 Å². The largest absolute Gasteiger partial charge is 0.507 e. The van der Waals surface area contributed by atoms with Gasteiger partial charge in [0, 0.05) is 5.56 Å². The highest BCUT2D eigenvalue weighted by molar-refractivity contribution is 7.22. The van der Waals surface area contributed by atoms with Gasteiger partial charge in [-0.3, -0.25) is 14.5 Å². The molecule has 1 amide bonds. The van der Waals surface area contributed by atoms with E-state index in [1.165, 1.54) is 16.2 Å². The molecule has 1 atom stereocenters. The summed E-state index contributed by atoms with van der Waals surface area (Å²) in [7, 11) is 1.55. The molecule has 0 bridgehead atoms. The van der Waals surface area contributed by atoms with Gasteiger partial charge in [0.25, 0.3) is 5.78 Å². The lowest BCUT2D eigenvalue weighted by Crippen LogP contribution is -2.29. The average Bonchev–Trinajstić information content (AvgIpc) is 3.37. The molecule has 6 nitrogen and oxygen atoms in total. The third kappa shape index (κ3) is 3.23. The van der Waals surface area contributed by atoms with Gasteiger partial charge in [-0.25, -0.2) is 4.98 Å². The maximum Gasteiger partial charge on any atom is 0.301 e. The van der Waals surface area contributed by atoms with Crippen molar-refractivity contribution in [2.24, 2.45) is 0 Å². The van der Waals surface area contributed by atoms with Gasteiger partial charge in [-0.2, -0.15) is 0 Å². The molecule has 1 fully saturated rings. The van der Waals surface area contributed by atoms with Crippen LogP contribution in [0.15, 0.2) is 84.4 Å². The molecule has 3 aromatic carbocycles. The second kappa shape index (κ2) is 7.94. The molecule has 1 aliphatic heterocycles. The Labute approximate surface area is 188 Å². The zero-order valence-electron chi connectivity index (χ0n) is 17.1. The monoisotopic (exact) mass is 442 g/mol. The minimum absolute atomic E-state index is 0.0220. The van der Waals surface area contributed by atoms with Crippen LogP contribution >= 0.6 is 11.3 Å². The molecule has 158 valence electrons. The van der Waals surface area contributed by atoms with E-state index < -0.39 is 17.7 Å². The van der Waals surface area contributed by atoms with Gasteiger partial charge in [-0.1, -0.05) is 65.9 Å². The summed E-state index contributed by atoms with van der Waals surface area (Å²) in [5.41, 5.74) is 1.86. The van der Waals surface area contributed by atoms with E-state index in [1.54, 1.807) is 55.6 Å². The molecule has 1 N–H and O–H groups in total. The Hall–Kier alpha value is -3.97. The van der Waals surface area contributed by atoms with E-state index in [-0.39, 0.29) is 11.3 Å². The smallest absolute Gasteiger partial charge is 0.301 e. The van der Waals surface area contributed by atoms with Gasteiger partial charge in [0.05, 0.1) is 28.9 Å². The molecule has 0 spiro atoms. The minimum atomic E-state index is -0.842. The average molecular weight is 442 g/mol. The van der Waals surface area contributed by atoms with Crippen molar-refractivity contribution in [1.82, 2.24) is 4.98 Å². The van der Waals surface area contributed by atoms with E-state index in [1.807, 2.05) is 30.3 Å². The second-order valence-electron chi connectivity index (χ2n) is 7.28. The Bertz CT molecular complexity index is 1340. The number of hydrogen-bond acceptors (Lipinski definition) is 6. The number of aromatic nitrogens is 1. The van der Waals surface area contributed by atoms with Crippen LogP contribution in [0, 0.1) is 0 Å². The van der Waals surface area contributed by atoms with Crippen molar-refractivity contribution in [2.75, 3.05) is 12.0 Å². The molecule has 32 heavy (non-hydrogen) atoms. The van der Waals surface area contributed by atoms with E-state index in [0.29, 0.717) is 22.0 Å². The van der Waals surface area contributed by atoms with Crippen molar-refractivity contribution in [3.05, 3.63) is 95.6 Å². The molecule has 1 saturated heterocycles. The van der Waals surface area contributed by atoms with E-state index in [9.17, 15) is 14.7 Å². The van der Waals surface area contributed by atoms with Crippen LogP contribution in [0.5, 0.6) is 5.75 Å². The van der Waals surface area contributed by atoms with Crippen LogP contribution in [0.4, 0.5) is 5.13 Å². The van der Waals surface area contributed by atoms with Crippen molar-refractivity contribution in [2.45, 2.75) is 6.04 Å². The summed E-state index contributed by atoms with van der Waals surface area (Å²) in [6, 6.07) is 22.6. The zero-order valence-corrected chi connectivity index (χ0v) is 17.9. The number of benzene rings is 3. The van der Waals surface area contributed by atoms with Crippen LogP contribution in [0.25, 0.3) is 16.0 Å². The van der Waals surface area contributed by atoms with Gasteiger partial charge >= 0.3 is 5.91 Å². The third-order valence-electron chi connectivity index (χ3n) is 5.39. The van der Waals surface area contributed by atoms with Crippen LogP contribution in [0.2, 0.25) is 0 Å². The topological polar surface area (TPSA) is 79.7 Å². The van der Waals surface area contributed by atoms with Crippen molar-refractivity contribution in [3.8, 4) is 5.75 Å². The van der Waals surface area contributed by atoms with E-state index in [0.717, 1.165) is 10.2 Å². The molecule has 7 heteroatoms. The number of amides is 1. The number of Topliss-reactive ketones (excluding diaryl/α,β-unsaturated/α-hetero) is 1. The van der Waals surface area contributed by atoms with Crippen LogP contribution in [-0.4, -0.2) is 28.9 Å². The fraction of sp³-hybridized carbons (Fsp3) is 0.0800. The molecule has 1 aliphatic rings. The Kier molecular flexibility index (Phi) is 4.95. The number of aliphatic hydroxyl groups excluding tert-OH is 1. The Morgan fingerprint density at radius 1 is 1.00 bits per heavy atom. The predicted molar refractivity (Wildman–Crippen MR) is 124 cm³/mol. The molecule has 0 saturated carbocycles. The number of carbonyl (C=O) groups is 2. The van der Waals surface area contributed by atoms with E-state index in [4.69, 9.17) is 4.74 Å². The number of ketones is 1. The summed E-state index contributed by atoms with van der Waals surface area (Å²) in [5, 5.41) is 11.5. The molecular weight excluding hydrogens is 424 g/mol. The van der Waals surface area contributed by atoms with Crippen molar-refractivity contribution in [1.29, 1.82) is 0 Å². The predicted octanol–water partition coefficient (Wildman–Crippen LogP) is 4.93. The van der Waals surface area contributed by atoms with Gasteiger partial charge in [-0.05, 0) is 29.8 Å². The summed E-state index contributed by atoms with van der Waals surface area (Å²) in [6.45, 7) is 0. The first-order chi connectivity index (χ1) is 15.6. The molecule has 4 aromatic rings. The van der Waals surface area contributed by atoms with E-state index in [2.05, 4.69) is 4.98 Å². The zero-order chi connectivity index (χ0) is 22.2. The minimum Gasteiger partial charge on any atom is -0.507 e. The number of methoxy groups -OCH3 is 1. The Balaban J connectivity index is 1.75. The number of nitrogens with zero attached hydrogens (tertiary/aromatic N) is 2. The van der Waals surface area contributed by atoms with Crippen molar-refractivity contribution >= 4 is 44.1 Å². The Morgan fingerprint density at radius 2 is 1.75 bits per heavy atom. The summed E-state index contributed by atoms with van der Waals surface area (Å²) in [4.78, 5) is 32.4.